The number of para-hydroxylation sites is 1. The van der Waals surface area contributed by atoms with Gasteiger partial charge in [-0.1, -0.05) is 38.6 Å². The minimum Gasteiger partial charge on any atom is -0.462 e. The summed E-state index contributed by atoms with van der Waals surface area (Å²) in [6.45, 7) is 7.95. The van der Waals surface area contributed by atoms with E-state index in [0.717, 1.165) is 11.5 Å². The second kappa shape index (κ2) is 3.96. The molecule has 0 atom stereocenters. The summed E-state index contributed by atoms with van der Waals surface area (Å²) in [6.07, 6.45) is 0. The SMILES string of the molecule is C=C(Oc1ccccc1)C(C)C. The lowest BCUT2D eigenvalue weighted by atomic mass is 10.2. The third-order valence-corrected chi connectivity index (χ3v) is 1.64. The Morgan fingerprint density at radius 1 is 1.25 bits per heavy atom. The van der Waals surface area contributed by atoms with Gasteiger partial charge in [-0.15, -0.1) is 0 Å². The number of hydrogen-bond acceptors (Lipinski definition) is 1. The molecule has 0 amide bonds. The quantitative estimate of drug-likeness (QED) is 0.620. The number of hydrogen-bond donors (Lipinski definition) is 0. The van der Waals surface area contributed by atoms with Crippen molar-refractivity contribution in [2.75, 3.05) is 0 Å². The minimum absolute atomic E-state index is 0.366. The first-order chi connectivity index (χ1) is 5.70. The van der Waals surface area contributed by atoms with Crippen molar-refractivity contribution in [1.29, 1.82) is 0 Å². The first kappa shape index (κ1) is 8.85. The van der Waals surface area contributed by atoms with Gasteiger partial charge in [0.15, 0.2) is 0 Å². The molecular weight excluding hydrogens is 148 g/mol. The van der Waals surface area contributed by atoms with Crippen molar-refractivity contribution in [3.05, 3.63) is 42.7 Å². The van der Waals surface area contributed by atoms with E-state index in [4.69, 9.17) is 4.74 Å². The second-order valence-electron chi connectivity index (χ2n) is 3.04. The first-order valence-electron chi connectivity index (χ1n) is 4.12. The fourth-order valence-corrected chi connectivity index (χ4v) is 0.758. The Labute approximate surface area is 73.7 Å². The zero-order valence-corrected chi connectivity index (χ0v) is 7.58. The van der Waals surface area contributed by atoms with Gasteiger partial charge >= 0.3 is 0 Å². The summed E-state index contributed by atoms with van der Waals surface area (Å²) in [6, 6.07) is 9.71. The van der Waals surface area contributed by atoms with Crippen LogP contribution in [0.1, 0.15) is 13.8 Å². The molecule has 12 heavy (non-hydrogen) atoms. The van der Waals surface area contributed by atoms with Gasteiger partial charge in [0, 0.05) is 5.92 Å². The number of rotatable bonds is 3. The number of ether oxygens (including phenoxy) is 1. The van der Waals surface area contributed by atoms with E-state index in [2.05, 4.69) is 20.4 Å². The van der Waals surface area contributed by atoms with Crippen LogP contribution in [0.25, 0.3) is 0 Å². The van der Waals surface area contributed by atoms with Crippen molar-refractivity contribution in [3.63, 3.8) is 0 Å². The number of allylic oxidation sites excluding steroid dienone is 1. The average Bonchev–Trinajstić information content (AvgIpc) is 2.06. The monoisotopic (exact) mass is 162 g/mol. The Bertz CT molecular complexity index is 249. The van der Waals surface area contributed by atoms with Crippen molar-refractivity contribution in [2.24, 2.45) is 5.92 Å². The molecule has 1 aromatic rings. The molecule has 0 unspecified atom stereocenters. The molecule has 64 valence electrons. The Morgan fingerprint density at radius 3 is 2.33 bits per heavy atom. The van der Waals surface area contributed by atoms with E-state index in [0.29, 0.717) is 5.92 Å². The van der Waals surface area contributed by atoms with Gasteiger partial charge in [-0.3, -0.25) is 0 Å². The Balaban J connectivity index is 2.59. The lowest BCUT2D eigenvalue weighted by molar-refractivity contribution is 0.371. The van der Waals surface area contributed by atoms with Crippen molar-refractivity contribution in [3.8, 4) is 5.75 Å². The number of benzene rings is 1. The highest BCUT2D eigenvalue weighted by Crippen LogP contribution is 2.15. The molecule has 1 nitrogen and oxygen atoms in total. The fraction of sp³-hybridized carbons (Fsp3) is 0.273. The molecule has 1 aromatic carbocycles. The van der Waals surface area contributed by atoms with E-state index >= 15 is 0 Å². The molecule has 0 saturated carbocycles. The van der Waals surface area contributed by atoms with E-state index in [9.17, 15) is 0 Å². The first-order valence-corrected chi connectivity index (χ1v) is 4.12. The summed E-state index contributed by atoms with van der Waals surface area (Å²) in [4.78, 5) is 0. The maximum Gasteiger partial charge on any atom is 0.126 e. The van der Waals surface area contributed by atoms with Gasteiger partial charge in [0.1, 0.15) is 5.75 Å². The van der Waals surface area contributed by atoms with Gasteiger partial charge in [0.2, 0.25) is 0 Å². The second-order valence-corrected chi connectivity index (χ2v) is 3.04. The summed E-state index contributed by atoms with van der Waals surface area (Å²) >= 11 is 0. The topological polar surface area (TPSA) is 9.23 Å². The predicted octanol–water partition coefficient (Wildman–Crippen LogP) is 3.24. The molecule has 0 heterocycles. The molecule has 0 radical (unpaired) electrons. The van der Waals surface area contributed by atoms with Gasteiger partial charge in [-0.05, 0) is 12.1 Å². The lowest BCUT2D eigenvalue weighted by Crippen LogP contribution is -2.00. The van der Waals surface area contributed by atoms with E-state index in [1.165, 1.54) is 0 Å². The molecular formula is C11H14O. The summed E-state index contributed by atoms with van der Waals surface area (Å²) in [5, 5.41) is 0. The van der Waals surface area contributed by atoms with Crippen molar-refractivity contribution >= 4 is 0 Å². The minimum atomic E-state index is 0.366. The molecule has 0 fully saturated rings. The average molecular weight is 162 g/mol. The van der Waals surface area contributed by atoms with Crippen LogP contribution in [0.15, 0.2) is 42.7 Å². The van der Waals surface area contributed by atoms with Gasteiger partial charge in [-0.25, -0.2) is 0 Å². The Hall–Kier alpha value is -1.24. The third-order valence-electron chi connectivity index (χ3n) is 1.64. The van der Waals surface area contributed by atoms with E-state index in [-0.39, 0.29) is 0 Å². The molecule has 0 aliphatic carbocycles. The van der Waals surface area contributed by atoms with Crippen LogP contribution >= 0.6 is 0 Å². The molecule has 0 bridgehead atoms. The normalized spacial score (nSPS) is 9.92. The maximum atomic E-state index is 5.48. The zero-order chi connectivity index (χ0) is 8.97. The van der Waals surface area contributed by atoms with E-state index in [1.54, 1.807) is 0 Å². The zero-order valence-electron chi connectivity index (χ0n) is 7.58. The maximum absolute atomic E-state index is 5.48. The van der Waals surface area contributed by atoms with Gasteiger partial charge in [0.25, 0.3) is 0 Å². The molecule has 0 aromatic heterocycles. The fourth-order valence-electron chi connectivity index (χ4n) is 0.758. The summed E-state index contributed by atoms with van der Waals surface area (Å²) in [7, 11) is 0. The van der Waals surface area contributed by atoms with Crippen LogP contribution in [0.5, 0.6) is 5.75 Å². The molecule has 1 rings (SSSR count). The van der Waals surface area contributed by atoms with E-state index in [1.807, 2.05) is 30.3 Å². The lowest BCUT2D eigenvalue weighted by Gasteiger charge is -2.10. The van der Waals surface area contributed by atoms with Gasteiger partial charge < -0.3 is 4.74 Å². The van der Waals surface area contributed by atoms with Crippen LogP contribution < -0.4 is 4.74 Å². The molecule has 1 heteroatoms. The highest BCUT2D eigenvalue weighted by atomic mass is 16.5. The predicted molar refractivity (Wildman–Crippen MR) is 51.0 cm³/mol. The van der Waals surface area contributed by atoms with Crippen LogP contribution in [-0.4, -0.2) is 0 Å². The van der Waals surface area contributed by atoms with Crippen LogP contribution in [0.2, 0.25) is 0 Å². The highest BCUT2D eigenvalue weighted by molar-refractivity contribution is 5.23. The smallest absolute Gasteiger partial charge is 0.126 e. The van der Waals surface area contributed by atoms with Gasteiger partial charge in [-0.2, -0.15) is 0 Å². The van der Waals surface area contributed by atoms with Crippen molar-refractivity contribution in [1.82, 2.24) is 0 Å². The van der Waals surface area contributed by atoms with Crippen LogP contribution in [0.4, 0.5) is 0 Å². The largest absolute Gasteiger partial charge is 0.462 e. The molecule has 0 N–H and O–H groups in total. The van der Waals surface area contributed by atoms with E-state index < -0.39 is 0 Å². The van der Waals surface area contributed by atoms with Gasteiger partial charge in [0.05, 0.1) is 5.76 Å². The van der Waals surface area contributed by atoms with Crippen LogP contribution in [0, 0.1) is 5.92 Å². The van der Waals surface area contributed by atoms with Crippen molar-refractivity contribution < 1.29 is 4.74 Å². The summed E-state index contributed by atoms with van der Waals surface area (Å²) in [5.74, 6) is 2.03. The summed E-state index contributed by atoms with van der Waals surface area (Å²) in [5.41, 5.74) is 0. The van der Waals surface area contributed by atoms with Crippen LogP contribution in [-0.2, 0) is 0 Å². The van der Waals surface area contributed by atoms with Crippen molar-refractivity contribution in [2.45, 2.75) is 13.8 Å². The molecule has 0 aliphatic heterocycles. The molecule has 0 spiro atoms. The molecule has 0 saturated heterocycles. The third kappa shape index (κ3) is 2.42. The Kier molecular flexibility index (Phi) is 2.92. The molecule has 0 aliphatic rings. The Morgan fingerprint density at radius 2 is 1.83 bits per heavy atom. The summed E-state index contributed by atoms with van der Waals surface area (Å²) < 4.78 is 5.48. The highest BCUT2D eigenvalue weighted by Gasteiger charge is 2.01. The van der Waals surface area contributed by atoms with Crippen LogP contribution in [0.3, 0.4) is 0 Å². The standard InChI is InChI=1S/C11H14O/c1-9(2)10(3)12-11-7-5-4-6-8-11/h4-9H,3H2,1-2H3.